The largest absolute Gasteiger partial charge is 0.349 e. The van der Waals surface area contributed by atoms with Crippen molar-refractivity contribution >= 4 is 5.91 Å². The molecule has 1 aromatic carbocycles. The average Bonchev–Trinajstić information content (AvgIpc) is 2.77. The second-order valence-corrected chi connectivity index (χ2v) is 6.25. The number of carbonyl (C=O) groups excluding carboxylic acids is 1. The fourth-order valence-corrected chi connectivity index (χ4v) is 3.21. The quantitative estimate of drug-likeness (QED) is 0.817. The Kier molecular flexibility index (Phi) is 6.24. The second-order valence-electron chi connectivity index (χ2n) is 6.25. The van der Waals surface area contributed by atoms with E-state index in [0.29, 0.717) is 12.5 Å². The van der Waals surface area contributed by atoms with Crippen molar-refractivity contribution in [2.75, 3.05) is 6.54 Å². The lowest BCUT2D eigenvalue weighted by Crippen LogP contribution is -2.38. The standard InChI is InChI=1S/C18H28N2O/c1-14(16-6-4-2-3-5-7-16)20-18(21)17-10-8-15(9-11-17)12-13-19/h8-11,14,16H,2-7,12-13,19H2,1H3,(H,20,21)/t14-/m1/s1. The number of hydrogen-bond donors (Lipinski definition) is 2. The summed E-state index contributed by atoms with van der Waals surface area (Å²) in [7, 11) is 0. The minimum atomic E-state index is 0.0473. The molecular weight excluding hydrogens is 260 g/mol. The zero-order valence-corrected chi connectivity index (χ0v) is 13.1. The van der Waals surface area contributed by atoms with Gasteiger partial charge < -0.3 is 11.1 Å². The molecule has 3 N–H and O–H groups in total. The highest BCUT2D eigenvalue weighted by molar-refractivity contribution is 5.94. The smallest absolute Gasteiger partial charge is 0.251 e. The molecule has 1 amide bonds. The van der Waals surface area contributed by atoms with Crippen LogP contribution in [0.3, 0.4) is 0 Å². The molecule has 0 spiro atoms. The van der Waals surface area contributed by atoms with E-state index in [-0.39, 0.29) is 11.9 Å². The van der Waals surface area contributed by atoms with Gasteiger partial charge in [0.2, 0.25) is 0 Å². The van der Waals surface area contributed by atoms with Crippen LogP contribution in [0.4, 0.5) is 0 Å². The summed E-state index contributed by atoms with van der Waals surface area (Å²) < 4.78 is 0. The molecule has 2 rings (SSSR count). The summed E-state index contributed by atoms with van der Waals surface area (Å²) in [6, 6.07) is 8.07. The Bertz CT molecular complexity index is 433. The van der Waals surface area contributed by atoms with Gasteiger partial charge in [0, 0.05) is 11.6 Å². The topological polar surface area (TPSA) is 55.1 Å². The third-order valence-corrected chi connectivity index (χ3v) is 4.61. The first-order chi connectivity index (χ1) is 10.2. The molecule has 0 unspecified atom stereocenters. The Labute approximate surface area is 128 Å². The maximum absolute atomic E-state index is 12.3. The van der Waals surface area contributed by atoms with Crippen LogP contribution in [0, 0.1) is 5.92 Å². The second kappa shape index (κ2) is 8.18. The normalized spacial score (nSPS) is 18.0. The van der Waals surface area contributed by atoms with Crippen LogP contribution < -0.4 is 11.1 Å². The van der Waals surface area contributed by atoms with Crippen LogP contribution in [0.2, 0.25) is 0 Å². The van der Waals surface area contributed by atoms with Crippen LogP contribution in [-0.4, -0.2) is 18.5 Å². The third-order valence-electron chi connectivity index (χ3n) is 4.61. The summed E-state index contributed by atoms with van der Waals surface area (Å²) in [4.78, 5) is 12.3. The first kappa shape index (κ1) is 16.0. The number of carbonyl (C=O) groups is 1. The fraction of sp³-hybridized carbons (Fsp3) is 0.611. The minimum absolute atomic E-state index is 0.0473. The first-order valence-corrected chi connectivity index (χ1v) is 8.30. The zero-order valence-electron chi connectivity index (χ0n) is 13.1. The number of nitrogens with two attached hydrogens (primary N) is 1. The lowest BCUT2D eigenvalue weighted by molar-refractivity contribution is 0.0924. The fourth-order valence-electron chi connectivity index (χ4n) is 3.21. The van der Waals surface area contributed by atoms with Gasteiger partial charge in [0.15, 0.2) is 0 Å². The molecule has 0 aromatic heterocycles. The number of hydrogen-bond acceptors (Lipinski definition) is 2. The highest BCUT2D eigenvalue weighted by atomic mass is 16.1. The molecule has 1 saturated carbocycles. The molecule has 3 heteroatoms. The van der Waals surface area contributed by atoms with Crippen LogP contribution in [0.5, 0.6) is 0 Å². The van der Waals surface area contributed by atoms with E-state index in [9.17, 15) is 4.79 Å². The van der Waals surface area contributed by atoms with Gasteiger partial charge in [0.1, 0.15) is 0 Å². The maximum Gasteiger partial charge on any atom is 0.251 e. The molecule has 3 nitrogen and oxygen atoms in total. The average molecular weight is 288 g/mol. The Morgan fingerprint density at radius 2 is 1.81 bits per heavy atom. The van der Waals surface area contributed by atoms with E-state index in [1.807, 2.05) is 24.3 Å². The molecule has 0 radical (unpaired) electrons. The van der Waals surface area contributed by atoms with Crippen LogP contribution in [0.25, 0.3) is 0 Å². The van der Waals surface area contributed by atoms with Crippen molar-refractivity contribution in [1.82, 2.24) is 5.32 Å². The first-order valence-electron chi connectivity index (χ1n) is 8.30. The van der Waals surface area contributed by atoms with Crippen molar-refractivity contribution in [1.29, 1.82) is 0 Å². The van der Waals surface area contributed by atoms with Crippen LogP contribution in [0.1, 0.15) is 61.4 Å². The molecule has 0 saturated heterocycles. The van der Waals surface area contributed by atoms with E-state index < -0.39 is 0 Å². The summed E-state index contributed by atoms with van der Waals surface area (Å²) in [5, 5.41) is 3.18. The van der Waals surface area contributed by atoms with E-state index in [2.05, 4.69) is 12.2 Å². The molecular formula is C18H28N2O. The number of amides is 1. The molecule has 1 fully saturated rings. The van der Waals surface area contributed by atoms with Gasteiger partial charge in [0.05, 0.1) is 0 Å². The molecule has 1 atom stereocenters. The SMILES string of the molecule is C[C@@H](NC(=O)c1ccc(CCN)cc1)C1CCCCCC1. The molecule has 1 aromatic rings. The van der Waals surface area contributed by atoms with E-state index in [1.165, 1.54) is 44.1 Å². The molecule has 0 aliphatic heterocycles. The summed E-state index contributed by atoms with van der Waals surface area (Å²) in [6.07, 6.45) is 8.66. The minimum Gasteiger partial charge on any atom is -0.349 e. The Morgan fingerprint density at radius 1 is 1.19 bits per heavy atom. The third kappa shape index (κ3) is 4.85. The van der Waals surface area contributed by atoms with Gasteiger partial charge in [-0.25, -0.2) is 0 Å². The summed E-state index contributed by atoms with van der Waals surface area (Å²) in [5.41, 5.74) is 7.47. The van der Waals surface area contributed by atoms with Gasteiger partial charge in [0.25, 0.3) is 5.91 Å². The van der Waals surface area contributed by atoms with Crippen molar-refractivity contribution in [3.8, 4) is 0 Å². The van der Waals surface area contributed by atoms with E-state index >= 15 is 0 Å². The summed E-state index contributed by atoms with van der Waals surface area (Å²) >= 11 is 0. The maximum atomic E-state index is 12.3. The summed E-state index contributed by atoms with van der Waals surface area (Å²) in [6.45, 7) is 2.79. The lowest BCUT2D eigenvalue weighted by Gasteiger charge is -2.23. The van der Waals surface area contributed by atoms with Crippen molar-refractivity contribution < 1.29 is 4.79 Å². The number of benzene rings is 1. The van der Waals surface area contributed by atoms with Crippen molar-refractivity contribution in [2.24, 2.45) is 11.7 Å². The number of nitrogens with one attached hydrogen (secondary N) is 1. The van der Waals surface area contributed by atoms with E-state index in [1.54, 1.807) is 0 Å². The van der Waals surface area contributed by atoms with E-state index in [4.69, 9.17) is 5.73 Å². The Hall–Kier alpha value is -1.35. The molecule has 116 valence electrons. The number of rotatable bonds is 5. The molecule has 1 aliphatic rings. The monoisotopic (exact) mass is 288 g/mol. The van der Waals surface area contributed by atoms with Crippen molar-refractivity contribution in [3.05, 3.63) is 35.4 Å². The Morgan fingerprint density at radius 3 is 2.38 bits per heavy atom. The molecule has 0 heterocycles. The van der Waals surface area contributed by atoms with Crippen LogP contribution in [-0.2, 0) is 6.42 Å². The molecule has 1 aliphatic carbocycles. The summed E-state index contributed by atoms with van der Waals surface area (Å²) in [5.74, 6) is 0.680. The van der Waals surface area contributed by atoms with Crippen LogP contribution >= 0.6 is 0 Å². The predicted octanol–water partition coefficient (Wildman–Crippen LogP) is 3.28. The van der Waals surface area contributed by atoms with Gasteiger partial charge in [-0.2, -0.15) is 0 Å². The Balaban J connectivity index is 1.90. The van der Waals surface area contributed by atoms with Crippen molar-refractivity contribution in [3.63, 3.8) is 0 Å². The highest BCUT2D eigenvalue weighted by Crippen LogP contribution is 2.25. The van der Waals surface area contributed by atoms with Gasteiger partial charge in [-0.1, -0.05) is 37.8 Å². The van der Waals surface area contributed by atoms with Crippen molar-refractivity contribution in [2.45, 2.75) is 57.9 Å². The molecule has 21 heavy (non-hydrogen) atoms. The highest BCUT2D eigenvalue weighted by Gasteiger charge is 2.20. The lowest BCUT2D eigenvalue weighted by atomic mass is 9.93. The van der Waals surface area contributed by atoms with Gasteiger partial charge >= 0.3 is 0 Å². The predicted molar refractivity (Wildman–Crippen MR) is 87.3 cm³/mol. The van der Waals surface area contributed by atoms with Gasteiger partial charge in [-0.3, -0.25) is 4.79 Å². The zero-order chi connectivity index (χ0) is 15.1. The van der Waals surface area contributed by atoms with Gasteiger partial charge in [-0.05, 0) is 56.3 Å². The van der Waals surface area contributed by atoms with E-state index in [0.717, 1.165) is 12.0 Å². The van der Waals surface area contributed by atoms with Crippen LogP contribution in [0.15, 0.2) is 24.3 Å². The van der Waals surface area contributed by atoms with Gasteiger partial charge in [-0.15, -0.1) is 0 Å². The molecule has 0 bridgehead atoms.